The molecular weight excluding hydrogens is 513 g/mol. The Morgan fingerprint density at radius 2 is 1.12 bits per heavy atom. The summed E-state index contributed by atoms with van der Waals surface area (Å²) in [6.45, 7) is 0.835. The molecule has 0 atom stereocenters. The van der Waals surface area contributed by atoms with Crippen molar-refractivity contribution >= 4 is 40.5 Å². The number of anilines is 4. The Balaban J connectivity index is 1.24. The minimum Gasteiger partial charge on any atom is -0.376 e. The van der Waals surface area contributed by atoms with Crippen molar-refractivity contribution in [1.29, 1.82) is 0 Å². The molecule has 3 aliphatic rings. The van der Waals surface area contributed by atoms with Gasteiger partial charge in [-0.05, 0) is 64.5 Å². The zero-order chi connectivity index (χ0) is 27.6. The first-order valence-corrected chi connectivity index (χ1v) is 14.4. The highest BCUT2D eigenvalue weighted by molar-refractivity contribution is 6.92. The fourth-order valence-electron chi connectivity index (χ4n) is 6.83. The third-order valence-electron chi connectivity index (χ3n) is 8.75. The molecule has 0 saturated heterocycles. The number of rotatable bonds is 3. The summed E-state index contributed by atoms with van der Waals surface area (Å²) in [6.07, 6.45) is 8.18. The second-order valence-electron chi connectivity index (χ2n) is 11.0. The molecular formula is C36H26BN5. The maximum Gasteiger partial charge on any atom is 0.329 e. The average Bonchev–Trinajstić information content (AvgIpc) is 3.78. The van der Waals surface area contributed by atoms with Gasteiger partial charge >= 0.3 is 6.85 Å². The molecule has 0 bridgehead atoms. The molecule has 0 fully saturated rings. The average molecular weight is 539 g/mol. The minimum atomic E-state index is 0.0652. The second-order valence-corrected chi connectivity index (χ2v) is 11.0. The third kappa shape index (κ3) is 3.42. The molecule has 9 rings (SSSR count). The van der Waals surface area contributed by atoms with Gasteiger partial charge in [0.25, 0.3) is 0 Å². The van der Waals surface area contributed by atoms with E-state index in [0.717, 1.165) is 12.4 Å². The van der Waals surface area contributed by atoms with E-state index in [1.54, 1.807) is 0 Å². The Morgan fingerprint density at radius 1 is 0.524 bits per heavy atom. The van der Waals surface area contributed by atoms with E-state index in [-0.39, 0.29) is 6.85 Å². The van der Waals surface area contributed by atoms with E-state index < -0.39 is 0 Å². The van der Waals surface area contributed by atoms with Gasteiger partial charge in [-0.25, -0.2) is 4.68 Å². The van der Waals surface area contributed by atoms with E-state index in [9.17, 15) is 0 Å². The molecule has 6 heteroatoms. The summed E-state index contributed by atoms with van der Waals surface area (Å²) in [5, 5.41) is 4.54. The van der Waals surface area contributed by atoms with Crippen LogP contribution in [0.2, 0.25) is 0 Å². The lowest BCUT2D eigenvalue weighted by atomic mass is 9.43. The number of para-hydroxylation sites is 1. The van der Waals surface area contributed by atoms with Gasteiger partial charge in [-0.1, -0.05) is 78.9 Å². The summed E-state index contributed by atoms with van der Waals surface area (Å²) in [4.78, 5) is 7.16. The summed E-state index contributed by atoms with van der Waals surface area (Å²) in [5.74, 6) is 0. The van der Waals surface area contributed by atoms with Crippen LogP contribution in [0.4, 0.5) is 22.7 Å². The zero-order valence-corrected chi connectivity index (χ0v) is 22.9. The lowest BCUT2D eigenvalue weighted by molar-refractivity contribution is 0.880. The number of hydrogen-bond donors (Lipinski definition) is 0. The minimum absolute atomic E-state index is 0.0652. The highest BCUT2D eigenvalue weighted by Gasteiger charge is 2.42. The van der Waals surface area contributed by atoms with Gasteiger partial charge in [-0.2, -0.15) is 5.10 Å². The Kier molecular flexibility index (Phi) is 4.99. The van der Waals surface area contributed by atoms with Gasteiger partial charge in [0.2, 0.25) is 0 Å². The van der Waals surface area contributed by atoms with Gasteiger partial charge in [0.1, 0.15) is 0 Å². The van der Waals surface area contributed by atoms with E-state index >= 15 is 0 Å². The maximum atomic E-state index is 4.54. The summed E-state index contributed by atoms with van der Waals surface area (Å²) in [6, 6.07) is 43.9. The van der Waals surface area contributed by atoms with Gasteiger partial charge in [-0.3, -0.25) is 0 Å². The number of fused-ring (bicyclic) bond motifs is 11. The van der Waals surface area contributed by atoms with Crippen LogP contribution in [-0.4, -0.2) is 23.3 Å². The van der Waals surface area contributed by atoms with Crippen molar-refractivity contribution < 1.29 is 0 Å². The topological polar surface area (TPSA) is 27.5 Å². The van der Waals surface area contributed by atoms with Crippen LogP contribution in [0, 0.1) is 0 Å². The van der Waals surface area contributed by atoms with Crippen molar-refractivity contribution in [3.8, 4) is 27.9 Å². The van der Waals surface area contributed by atoms with Crippen LogP contribution in [0.15, 0.2) is 146 Å². The Bertz CT molecular complexity index is 2000. The monoisotopic (exact) mass is 539 g/mol. The fraction of sp³-hybridized carbons (Fsp3) is 0.0278. The van der Waals surface area contributed by atoms with E-state index in [1.807, 2.05) is 23.1 Å². The van der Waals surface area contributed by atoms with E-state index in [4.69, 9.17) is 0 Å². The number of aromatic nitrogens is 2. The molecule has 4 heterocycles. The molecule has 3 aliphatic heterocycles. The highest BCUT2D eigenvalue weighted by Crippen LogP contribution is 2.47. The van der Waals surface area contributed by atoms with Crippen molar-refractivity contribution in [1.82, 2.24) is 9.78 Å². The van der Waals surface area contributed by atoms with Gasteiger partial charge in [0.15, 0.2) is 0 Å². The number of hydrogen-bond acceptors (Lipinski definition) is 4. The van der Waals surface area contributed by atoms with E-state index in [2.05, 4.69) is 147 Å². The molecule has 5 aromatic carbocycles. The van der Waals surface area contributed by atoms with Crippen LogP contribution in [0.5, 0.6) is 0 Å². The quantitative estimate of drug-likeness (QED) is 0.239. The zero-order valence-electron chi connectivity index (χ0n) is 22.9. The van der Waals surface area contributed by atoms with Gasteiger partial charge < -0.3 is 14.6 Å². The molecule has 0 N–H and O–H groups in total. The van der Waals surface area contributed by atoms with Crippen molar-refractivity contribution in [3.05, 3.63) is 146 Å². The standard InChI is InChI=1S/C36H26BN5/c1-2-9-26(10-3-1)39-21-22-40(25-39)27-15-17-31-29-11-4-6-13-33(29)37-34-14-7-5-12-30(34)32-18-16-28(41-20-8-19-38-41)24-36(32)42(37)35(31)23-27/h1-24H,25H2. The summed E-state index contributed by atoms with van der Waals surface area (Å²) >= 11 is 0. The maximum absolute atomic E-state index is 4.54. The molecule has 0 spiro atoms. The molecule has 198 valence electrons. The molecule has 0 radical (unpaired) electrons. The van der Waals surface area contributed by atoms with E-state index in [1.165, 1.54) is 55.9 Å². The first kappa shape index (κ1) is 23.2. The third-order valence-corrected chi connectivity index (χ3v) is 8.75. The van der Waals surface area contributed by atoms with Gasteiger partial charge in [0, 0.05) is 58.7 Å². The second kappa shape index (κ2) is 9.01. The summed E-state index contributed by atoms with van der Waals surface area (Å²) < 4.78 is 1.94. The fourth-order valence-corrected chi connectivity index (χ4v) is 6.83. The molecule has 5 nitrogen and oxygen atoms in total. The van der Waals surface area contributed by atoms with Gasteiger partial charge in [0.05, 0.1) is 12.4 Å². The smallest absolute Gasteiger partial charge is 0.329 e. The summed E-state index contributed by atoms with van der Waals surface area (Å²) in [5.41, 5.74) is 13.6. The van der Waals surface area contributed by atoms with E-state index in [0.29, 0.717) is 0 Å². The first-order valence-electron chi connectivity index (χ1n) is 14.4. The van der Waals surface area contributed by atoms with Crippen molar-refractivity contribution in [3.63, 3.8) is 0 Å². The van der Waals surface area contributed by atoms with Crippen LogP contribution < -0.4 is 25.5 Å². The molecule has 6 aromatic rings. The molecule has 1 aromatic heterocycles. The number of benzene rings is 5. The lowest BCUT2D eigenvalue weighted by Crippen LogP contribution is -2.59. The van der Waals surface area contributed by atoms with Crippen molar-refractivity contribution in [2.24, 2.45) is 0 Å². The van der Waals surface area contributed by atoms with Gasteiger partial charge in [-0.15, -0.1) is 0 Å². The lowest BCUT2D eigenvalue weighted by Gasteiger charge is -2.43. The van der Waals surface area contributed by atoms with Crippen molar-refractivity contribution in [2.45, 2.75) is 0 Å². The summed E-state index contributed by atoms with van der Waals surface area (Å²) in [7, 11) is 0. The Hall–Kier alpha value is -5.49. The van der Waals surface area contributed by atoms with Crippen LogP contribution in [0.3, 0.4) is 0 Å². The molecule has 0 aliphatic carbocycles. The predicted molar refractivity (Wildman–Crippen MR) is 173 cm³/mol. The first-order chi connectivity index (χ1) is 20.8. The Morgan fingerprint density at radius 3 is 1.79 bits per heavy atom. The van der Waals surface area contributed by atoms with Crippen LogP contribution in [-0.2, 0) is 0 Å². The normalized spacial score (nSPS) is 14.3. The SMILES string of the molecule is C1=CN(c2ccc3c(c2)N2B(c4ccccc4-3)c3ccccc3-c3ccc(-n4cccn4)cc32)CN1c1ccccc1. The van der Waals surface area contributed by atoms with Crippen LogP contribution in [0.25, 0.3) is 27.9 Å². The predicted octanol–water partition coefficient (Wildman–Crippen LogP) is 6.53. The molecule has 0 amide bonds. The Labute approximate surface area is 245 Å². The number of nitrogens with zero attached hydrogens (tertiary/aromatic N) is 5. The van der Waals surface area contributed by atoms with Crippen LogP contribution >= 0.6 is 0 Å². The molecule has 42 heavy (non-hydrogen) atoms. The molecule has 0 saturated carbocycles. The highest BCUT2D eigenvalue weighted by atomic mass is 15.3. The molecule has 0 unspecified atom stereocenters. The van der Waals surface area contributed by atoms with Crippen LogP contribution in [0.1, 0.15) is 0 Å². The van der Waals surface area contributed by atoms with Crippen molar-refractivity contribution in [2.75, 3.05) is 21.3 Å². The largest absolute Gasteiger partial charge is 0.376 e.